The van der Waals surface area contributed by atoms with E-state index in [1.54, 1.807) is 41.7 Å². The molecule has 0 aliphatic heterocycles. The smallest absolute Gasteiger partial charge is 0.320 e. The maximum atomic E-state index is 12.7. The van der Waals surface area contributed by atoms with Gasteiger partial charge in [-0.2, -0.15) is 10.2 Å². The zero-order chi connectivity index (χ0) is 23.9. The van der Waals surface area contributed by atoms with Crippen LogP contribution in [0.1, 0.15) is 25.5 Å². The van der Waals surface area contributed by atoms with Crippen molar-refractivity contribution in [3.8, 4) is 5.69 Å². The molecule has 3 heterocycles. The fourth-order valence-electron chi connectivity index (χ4n) is 4.07. The summed E-state index contributed by atoms with van der Waals surface area (Å²) in [6, 6.07) is 16.0. The minimum atomic E-state index is -1.16. The summed E-state index contributed by atoms with van der Waals surface area (Å²) < 4.78 is 3.58. The zero-order valence-corrected chi connectivity index (χ0v) is 19.1. The molecule has 5 rings (SSSR count). The standard InChI is InChI=1S/C25H25N7O2/c1-25(2,34)23(16-7-5-4-6-8-16)29-24(33)28-22-12-17-13-27-32(21(17)14-26-22)19-9-10-20-18(11-19)15-31(3)30-20/h4-15,23,34H,1-3H3,(H2,26,28,29,33)/t23-/m0/s1. The number of rotatable bonds is 5. The minimum absolute atomic E-state index is 0.384. The van der Waals surface area contributed by atoms with E-state index in [1.165, 1.54) is 0 Å². The van der Waals surface area contributed by atoms with Crippen LogP contribution in [0.3, 0.4) is 0 Å². The Bertz CT molecular complexity index is 1480. The molecule has 2 amide bonds. The lowest BCUT2D eigenvalue weighted by Gasteiger charge is -2.30. The topological polar surface area (TPSA) is 110 Å². The number of urea groups is 1. The number of nitrogens with zero attached hydrogens (tertiary/aromatic N) is 5. The summed E-state index contributed by atoms with van der Waals surface area (Å²) in [4.78, 5) is 17.1. The number of aromatic nitrogens is 5. The number of fused-ring (bicyclic) bond motifs is 2. The van der Waals surface area contributed by atoms with E-state index in [1.807, 2.05) is 61.8 Å². The lowest BCUT2D eigenvalue weighted by atomic mass is 9.92. The third-order valence-corrected chi connectivity index (χ3v) is 5.66. The Balaban J connectivity index is 1.37. The van der Waals surface area contributed by atoms with Crippen molar-refractivity contribution in [3.05, 3.63) is 78.8 Å². The number of anilines is 1. The zero-order valence-electron chi connectivity index (χ0n) is 19.1. The summed E-state index contributed by atoms with van der Waals surface area (Å²) in [6.07, 6.45) is 5.37. The van der Waals surface area contributed by atoms with Crippen molar-refractivity contribution >= 4 is 33.7 Å². The van der Waals surface area contributed by atoms with E-state index < -0.39 is 17.7 Å². The molecule has 3 aromatic heterocycles. The van der Waals surface area contributed by atoms with Crippen LogP contribution >= 0.6 is 0 Å². The van der Waals surface area contributed by atoms with E-state index >= 15 is 0 Å². The van der Waals surface area contributed by atoms with Gasteiger partial charge in [-0.05, 0) is 43.7 Å². The first kappa shape index (κ1) is 21.6. The van der Waals surface area contributed by atoms with Crippen LogP contribution in [0.4, 0.5) is 10.6 Å². The maximum Gasteiger partial charge on any atom is 0.320 e. The average Bonchev–Trinajstić information content (AvgIpc) is 3.38. The normalized spacial score (nSPS) is 12.7. The number of benzene rings is 2. The van der Waals surface area contributed by atoms with Gasteiger partial charge in [0.2, 0.25) is 0 Å². The van der Waals surface area contributed by atoms with Crippen LogP contribution < -0.4 is 10.6 Å². The van der Waals surface area contributed by atoms with E-state index in [0.29, 0.717) is 5.82 Å². The molecule has 9 heteroatoms. The quantitative estimate of drug-likeness (QED) is 0.372. The van der Waals surface area contributed by atoms with Crippen LogP contribution in [-0.2, 0) is 7.05 Å². The summed E-state index contributed by atoms with van der Waals surface area (Å²) in [5.41, 5.74) is 2.27. The van der Waals surface area contributed by atoms with Gasteiger partial charge in [0, 0.05) is 24.0 Å². The van der Waals surface area contributed by atoms with E-state index in [4.69, 9.17) is 0 Å². The highest BCUT2D eigenvalue weighted by molar-refractivity contribution is 5.91. The molecule has 172 valence electrons. The van der Waals surface area contributed by atoms with Gasteiger partial charge in [-0.25, -0.2) is 14.5 Å². The van der Waals surface area contributed by atoms with Gasteiger partial charge in [0.25, 0.3) is 0 Å². The number of nitrogens with one attached hydrogen (secondary N) is 2. The van der Waals surface area contributed by atoms with Crippen molar-refractivity contribution in [2.75, 3.05) is 5.32 Å². The number of hydrogen-bond donors (Lipinski definition) is 3. The van der Waals surface area contributed by atoms with Crippen molar-refractivity contribution in [2.45, 2.75) is 25.5 Å². The predicted octanol–water partition coefficient (Wildman–Crippen LogP) is 3.94. The fourth-order valence-corrected chi connectivity index (χ4v) is 4.07. The lowest BCUT2D eigenvalue weighted by molar-refractivity contribution is 0.0415. The van der Waals surface area contributed by atoms with E-state index in [2.05, 4.69) is 25.8 Å². The van der Waals surface area contributed by atoms with Crippen molar-refractivity contribution in [1.29, 1.82) is 0 Å². The molecule has 9 nitrogen and oxygen atoms in total. The van der Waals surface area contributed by atoms with Crippen LogP contribution in [-0.4, -0.2) is 41.3 Å². The number of aliphatic hydroxyl groups is 1. The fraction of sp³-hybridized carbons (Fsp3) is 0.200. The van der Waals surface area contributed by atoms with Gasteiger partial charge in [0.05, 0.1) is 40.8 Å². The van der Waals surface area contributed by atoms with Crippen molar-refractivity contribution in [2.24, 2.45) is 7.05 Å². The van der Waals surface area contributed by atoms with Gasteiger partial charge in [0.1, 0.15) is 5.82 Å². The molecule has 0 radical (unpaired) electrons. The second kappa shape index (κ2) is 8.27. The highest BCUT2D eigenvalue weighted by Crippen LogP contribution is 2.26. The first-order valence-electron chi connectivity index (χ1n) is 10.9. The number of amides is 2. The Labute approximate surface area is 196 Å². The first-order chi connectivity index (χ1) is 16.3. The third kappa shape index (κ3) is 4.20. The molecule has 0 fully saturated rings. The van der Waals surface area contributed by atoms with E-state index in [-0.39, 0.29) is 0 Å². The highest BCUT2D eigenvalue weighted by atomic mass is 16.3. The van der Waals surface area contributed by atoms with Crippen LogP contribution in [0.2, 0.25) is 0 Å². The SMILES string of the molecule is Cn1cc2cc(-n3ncc4cc(NC(=O)N[C@@H](c5ccccc5)C(C)(C)O)ncc43)ccc2n1. The average molecular weight is 456 g/mol. The van der Waals surface area contributed by atoms with Gasteiger partial charge in [0.15, 0.2) is 0 Å². The molecule has 0 saturated heterocycles. The molecule has 3 N–H and O–H groups in total. The van der Waals surface area contributed by atoms with Crippen LogP contribution in [0.25, 0.3) is 27.5 Å². The van der Waals surface area contributed by atoms with Crippen molar-refractivity contribution < 1.29 is 9.90 Å². The maximum absolute atomic E-state index is 12.7. The number of aryl methyl sites for hydroxylation is 1. The van der Waals surface area contributed by atoms with E-state index in [9.17, 15) is 9.90 Å². The van der Waals surface area contributed by atoms with Gasteiger partial charge < -0.3 is 10.4 Å². The molecule has 0 aliphatic rings. The minimum Gasteiger partial charge on any atom is -0.388 e. The summed E-state index contributed by atoms with van der Waals surface area (Å²) in [6.45, 7) is 3.32. The number of carbonyl (C=O) groups is 1. The monoisotopic (exact) mass is 455 g/mol. The molecule has 0 spiro atoms. The Kier molecular flexibility index (Phi) is 5.25. The summed E-state index contributed by atoms with van der Waals surface area (Å²) in [5, 5.41) is 27.0. The molecule has 0 unspecified atom stereocenters. The van der Waals surface area contributed by atoms with E-state index in [0.717, 1.165) is 33.1 Å². The second-order valence-electron chi connectivity index (χ2n) is 8.83. The highest BCUT2D eigenvalue weighted by Gasteiger charge is 2.30. The van der Waals surface area contributed by atoms with Gasteiger partial charge in [-0.1, -0.05) is 30.3 Å². The molecular formula is C25H25N7O2. The number of carbonyl (C=O) groups excluding carboxylic acids is 1. The summed E-state index contributed by atoms with van der Waals surface area (Å²) in [5.74, 6) is 0.384. The molecule has 34 heavy (non-hydrogen) atoms. The Morgan fingerprint density at radius 1 is 1.06 bits per heavy atom. The van der Waals surface area contributed by atoms with Gasteiger partial charge in [-0.15, -0.1) is 0 Å². The first-order valence-corrected chi connectivity index (χ1v) is 10.9. The molecular weight excluding hydrogens is 430 g/mol. The number of hydrogen-bond acceptors (Lipinski definition) is 5. The predicted molar refractivity (Wildman–Crippen MR) is 131 cm³/mol. The molecule has 0 bridgehead atoms. The Hall–Kier alpha value is -4.24. The molecule has 2 aromatic carbocycles. The Morgan fingerprint density at radius 3 is 2.62 bits per heavy atom. The summed E-state index contributed by atoms with van der Waals surface area (Å²) in [7, 11) is 1.89. The second-order valence-corrected chi connectivity index (χ2v) is 8.83. The molecule has 0 aliphatic carbocycles. The van der Waals surface area contributed by atoms with Crippen LogP contribution in [0.5, 0.6) is 0 Å². The lowest BCUT2D eigenvalue weighted by Crippen LogP contribution is -2.43. The molecule has 0 saturated carbocycles. The van der Waals surface area contributed by atoms with Gasteiger partial charge >= 0.3 is 6.03 Å². The largest absolute Gasteiger partial charge is 0.388 e. The Morgan fingerprint density at radius 2 is 1.85 bits per heavy atom. The van der Waals surface area contributed by atoms with Crippen molar-refractivity contribution in [3.63, 3.8) is 0 Å². The summed E-state index contributed by atoms with van der Waals surface area (Å²) >= 11 is 0. The molecule has 5 aromatic rings. The third-order valence-electron chi connectivity index (χ3n) is 5.66. The van der Waals surface area contributed by atoms with Crippen molar-refractivity contribution in [1.82, 2.24) is 29.9 Å². The number of pyridine rings is 1. The molecule has 1 atom stereocenters. The van der Waals surface area contributed by atoms with Gasteiger partial charge in [-0.3, -0.25) is 10.00 Å². The van der Waals surface area contributed by atoms with Crippen LogP contribution in [0, 0.1) is 0 Å². The van der Waals surface area contributed by atoms with Crippen LogP contribution in [0.15, 0.2) is 73.2 Å².